The molecule has 0 saturated heterocycles. The molecule has 0 spiro atoms. The zero-order chi connectivity index (χ0) is 37.1. The van der Waals surface area contributed by atoms with E-state index in [0.717, 1.165) is 9.65 Å². The summed E-state index contributed by atoms with van der Waals surface area (Å²) in [7, 11) is 0. The quantitative estimate of drug-likeness (QED) is 0.124. The molecule has 0 bridgehead atoms. The van der Waals surface area contributed by atoms with E-state index in [4.69, 9.17) is 23.6 Å². The molecule has 5 rings (SSSR count). The third kappa shape index (κ3) is 9.49. The molecule has 2 amide bonds. The summed E-state index contributed by atoms with van der Waals surface area (Å²) in [6.07, 6.45) is 2.03. The number of benzene rings is 1. The van der Waals surface area contributed by atoms with Crippen molar-refractivity contribution in [2.75, 3.05) is 11.9 Å². The highest BCUT2D eigenvalue weighted by Crippen LogP contribution is 2.39. The van der Waals surface area contributed by atoms with Crippen LogP contribution in [0.2, 0.25) is 0 Å². The molecule has 51 heavy (non-hydrogen) atoms. The molecule has 5 aromatic rings. The number of nitrogens with zero attached hydrogens (tertiary/aromatic N) is 4. The predicted molar refractivity (Wildman–Crippen MR) is 193 cm³/mol. The third-order valence-corrected chi connectivity index (χ3v) is 7.92. The summed E-state index contributed by atoms with van der Waals surface area (Å²) < 4.78 is 45.8. The lowest BCUT2D eigenvalue weighted by molar-refractivity contribution is 0.0487. The van der Waals surface area contributed by atoms with Crippen molar-refractivity contribution in [2.24, 2.45) is 0 Å². The number of anilines is 1. The SMILES string of the molecule is Cc1occc1-c1nc(NC(=O)OC(C)(C)C)c(OC[C@H](Cc2ccccc2)NC(=O)OC(C)(C)C)cc1-c1cc2c(C)nn(S(=O)O)c2cn1. The number of carbonyl (C=O) groups excluding carboxylic acids is 2. The molecule has 4 aromatic heterocycles. The van der Waals surface area contributed by atoms with Crippen LogP contribution in [0.5, 0.6) is 5.75 Å². The van der Waals surface area contributed by atoms with Gasteiger partial charge in [0.2, 0.25) is 0 Å². The maximum absolute atomic E-state index is 13.1. The molecular formula is C36H42N6O8S. The van der Waals surface area contributed by atoms with E-state index in [0.29, 0.717) is 51.3 Å². The van der Waals surface area contributed by atoms with Gasteiger partial charge in [-0.3, -0.25) is 14.9 Å². The lowest BCUT2D eigenvalue weighted by atomic mass is 10.0. The Balaban J connectivity index is 1.62. The first-order valence-corrected chi connectivity index (χ1v) is 17.3. The van der Waals surface area contributed by atoms with Gasteiger partial charge in [-0.15, -0.1) is 0 Å². The van der Waals surface area contributed by atoms with Crippen LogP contribution in [0.25, 0.3) is 33.4 Å². The Hall–Kier alpha value is -5.28. The number of carbonyl (C=O) groups is 2. The zero-order valence-corrected chi connectivity index (χ0v) is 30.6. The number of hydrogen-bond donors (Lipinski definition) is 3. The van der Waals surface area contributed by atoms with Crippen LogP contribution < -0.4 is 15.4 Å². The molecule has 15 heteroatoms. The molecule has 0 aliphatic rings. The molecule has 2 atom stereocenters. The molecule has 4 heterocycles. The highest BCUT2D eigenvalue weighted by molar-refractivity contribution is 7.77. The number of amides is 2. The van der Waals surface area contributed by atoms with Gasteiger partial charge in [0.25, 0.3) is 11.3 Å². The van der Waals surface area contributed by atoms with Gasteiger partial charge in [-0.25, -0.2) is 18.8 Å². The van der Waals surface area contributed by atoms with Crippen LogP contribution in [0.3, 0.4) is 0 Å². The summed E-state index contributed by atoms with van der Waals surface area (Å²) in [5.41, 5.74) is 2.30. The average Bonchev–Trinajstić information content (AvgIpc) is 3.61. The fourth-order valence-electron chi connectivity index (χ4n) is 5.24. The maximum atomic E-state index is 13.1. The summed E-state index contributed by atoms with van der Waals surface area (Å²) in [5.74, 6) is 0.779. The molecule has 14 nitrogen and oxygen atoms in total. The minimum absolute atomic E-state index is 0.0387. The first-order chi connectivity index (χ1) is 24.0. The Morgan fingerprint density at radius 3 is 2.29 bits per heavy atom. The van der Waals surface area contributed by atoms with Gasteiger partial charge in [0, 0.05) is 16.5 Å². The number of furan rings is 1. The van der Waals surface area contributed by atoms with E-state index < -0.39 is 40.7 Å². The number of pyridine rings is 2. The molecule has 270 valence electrons. The topological polar surface area (TPSA) is 180 Å². The normalized spacial score (nSPS) is 13.0. The molecular weight excluding hydrogens is 676 g/mol. The molecule has 1 unspecified atom stereocenters. The van der Waals surface area contributed by atoms with Crippen LogP contribution in [-0.4, -0.2) is 64.0 Å². The number of hydrogen-bond acceptors (Lipinski definition) is 10. The highest BCUT2D eigenvalue weighted by Gasteiger charge is 2.26. The van der Waals surface area contributed by atoms with Crippen LogP contribution >= 0.6 is 0 Å². The molecule has 3 N–H and O–H groups in total. The second kappa shape index (κ2) is 14.9. The van der Waals surface area contributed by atoms with E-state index >= 15 is 0 Å². The fourth-order valence-corrected chi connectivity index (χ4v) is 5.75. The summed E-state index contributed by atoms with van der Waals surface area (Å²) in [4.78, 5) is 35.5. The van der Waals surface area contributed by atoms with E-state index in [1.165, 1.54) is 12.5 Å². The van der Waals surface area contributed by atoms with Gasteiger partial charge in [-0.05, 0) is 85.6 Å². The van der Waals surface area contributed by atoms with E-state index in [9.17, 15) is 18.4 Å². The van der Waals surface area contributed by atoms with E-state index in [1.54, 1.807) is 73.6 Å². The van der Waals surface area contributed by atoms with Crippen LogP contribution in [-0.2, 0) is 27.2 Å². The number of alkyl carbamates (subject to hydrolysis) is 1. The van der Waals surface area contributed by atoms with Crippen LogP contribution in [0.1, 0.15) is 58.6 Å². The Labute approximate surface area is 298 Å². The van der Waals surface area contributed by atoms with Crippen LogP contribution in [0.4, 0.5) is 15.4 Å². The first kappa shape index (κ1) is 37.0. The third-order valence-electron chi connectivity index (χ3n) is 7.35. The lowest BCUT2D eigenvalue weighted by Gasteiger charge is -2.25. The summed E-state index contributed by atoms with van der Waals surface area (Å²) in [5, 5.41) is 10.4. The number of ether oxygens (including phenoxy) is 3. The fraction of sp³-hybridized carbons (Fsp3) is 0.361. The predicted octanol–water partition coefficient (Wildman–Crippen LogP) is 7.22. The van der Waals surface area contributed by atoms with Crippen molar-refractivity contribution in [1.29, 1.82) is 0 Å². The van der Waals surface area contributed by atoms with Gasteiger partial charge in [-0.1, -0.05) is 30.3 Å². The van der Waals surface area contributed by atoms with Crippen molar-refractivity contribution in [3.05, 3.63) is 78.0 Å². The average molecular weight is 719 g/mol. The Morgan fingerprint density at radius 1 is 0.980 bits per heavy atom. The van der Waals surface area contributed by atoms with Crippen LogP contribution in [0, 0.1) is 13.8 Å². The first-order valence-electron chi connectivity index (χ1n) is 16.2. The van der Waals surface area contributed by atoms with E-state index in [-0.39, 0.29) is 18.2 Å². The lowest BCUT2D eigenvalue weighted by Crippen LogP contribution is -2.43. The van der Waals surface area contributed by atoms with Crippen molar-refractivity contribution < 1.29 is 37.0 Å². The van der Waals surface area contributed by atoms with Crippen molar-refractivity contribution in [3.8, 4) is 28.3 Å². The zero-order valence-electron chi connectivity index (χ0n) is 29.8. The number of fused-ring (bicyclic) bond motifs is 1. The van der Waals surface area contributed by atoms with Crippen molar-refractivity contribution in [3.63, 3.8) is 0 Å². The Morgan fingerprint density at radius 2 is 1.67 bits per heavy atom. The van der Waals surface area contributed by atoms with Crippen molar-refractivity contribution >= 4 is 40.2 Å². The second-order valence-electron chi connectivity index (χ2n) is 13.9. The molecule has 0 aliphatic carbocycles. The molecule has 0 fully saturated rings. The van der Waals surface area contributed by atoms with Gasteiger partial charge in [0.15, 0.2) is 11.6 Å². The smallest absolute Gasteiger partial charge is 0.413 e. The maximum Gasteiger partial charge on any atom is 0.413 e. The van der Waals surface area contributed by atoms with Crippen molar-refractivity contribution in [2.45, 2.75) is 79.1 Å². The van der Waals surface area contributed by atoms with Gasteiger partial charge in [0.05, 0.1) is 35.6 Å². The van der Waals surface area contributed by atoms with Gasteiger partial charge in [0.1, 0.15) is 29.1 Å². The summed E-state index contributed by atoms with van der Waals surface area (Å²) in [6, 6.07) is 14.2. The molecule has 0 radical (unpaired) electrons. The highest BCUT2D eigenvalue weighted by atomic mass is 32.2. The van der Waals surface area contributed by atoms with Gasteiger partial charge in [-0.2, -0.15) is 9.19 Å². The van der Waals surface area contributed by atoms with Gasteiger partial charge < -0.3 is 23.9 Å². The Kier molecular flexibility index (Phi) is 10.8. The van der Waals surface area contributed by atoms with Crippen LogP contribution in [0.15, 0.2) is 65.4 Å². The molecule has 0 aliphatic heterocycles. The number of nitrogens with one attached hydrogen (secondary N) is 2. The second-order valence-corrected chi connectivity index (χ2v) is 14.7. The van der Waals surface area contributed by atoms with Crippen molar-refractivity contribution in [1.82, 2.24) is 24.5 Å². The minimum Gasteiger partial charge on any atom is -0.488 e. The number of aromatic nitrogens is 4. The monoisotopic (exact) mass is 718 g/mol. The van der Waals surface area contributed by atoms with Gasteiger partial charge >= 0.3 is 12.2 Å². The minimum atomic E-state index is -2.39. The number of aryl methyl sites for hydroxylation is 2. The molecule has 1 aromatic carbocycles. The summed E-state index contributed by atoms with van der Waals surface area (Å²) in [6.45, 7) is 14.0. The Bertz CT molecular complexity index is 2060. The van der Waals surface area contributed by atoms with E-state index in [1.807, 2.05) is 30.3 Å². The van der Waals surface area contributed by atoms with E-state index in [2.05, 4.69) is 20.7 Å². The largest absolute Gasteiger partial charge is 0.488 e. The standard InChI is InChI=1S/C36H42N6O8S/c1-21-26-17-28(37-19-29(26)42(41-21)51(45)46)27-18-30(32(40-34(44)50-36(6,7)8)39-31(27)25-14-15-47-22(25)2)48-20-24(16-23-12-10-9-11-13-23)38-33(43)49-35(3,4)5/h9-15,17-19,24H,16,20H2,1-8H3,(H,38,43)(H,45,46)(H,39,40,44)/t24-/m0/s1. The molecule has 0 saturated carbocycles. The number of rotatable bonds is 10. The summed E-state index contributed by atoms with van der Waals surface area (Å²) >= 11 is -2.39.